The molecule has 1 unspecified atom stereocenters. The molecule has 1 aromatic carbocycles. The van der Waals surface area contributed by atoms with Gasteiger partial charge in [0.25, 0.3) is 0 Å². The van der Waals surface area contributed by atoms with Crippen molar-refractivity contribution in [3.05, 3.63) is 24.3 Å². The highest BCUT2D eigenvalue weighted by molar-refractivity contribution is 5.46. The monoisotopic (exact) mass is 136 g/mol. The van der Waals surface area contributed by atoms with Gasteiger partial charge in [-0.05, 0) is 6.07 Å². The molecule has 2 rings (SSSR count). The van der Waals surface area contributed by atoms with Crippen molar-refractivity contribution in [1.29, 1.82) is 0 Å². The van der Waals surface area contributed by atoms with Crippen LogP contribution in [0.3, 0.4) is 0 Å². The van der Waals surface area contributed by atoms with Crippen LogP contribution in [-0.2, 0) is 0 Å². The Morgan fingerprint density at radius 3 is 3.00 bits per heavy atom. The van der Waals surface area contributed by atoms with Gasteiger partial charge in [0.15, 0.2) is 11.4 Å². The fourth-order valence-electron chi connectivity index (χ4n) is 1.21. The summed E-state index contributed by atoms with van der Waals surface area (Å²) in [5, 5.41) is 2.12. The second kappa shape index (κ2) is 1.99. The van der Waals surface area contributed by atoms with Gasteiger partial charge >= 0.3 is 0 Å². The van der Waals surface area contributed by atoms with Gasteiger partial charge in [-0.15, -0.1) is 0 Å². The Bertz CT molecular complexity index is 222. The molecule has 0 bridgehead atoms. The lowest BCUT2D eigenvalue weighted by Gasteiger charge is -1.95. The first-order valence-electron chi connectivity index (χ1n) is 3.47. The number of hydrogen-bond donors (Lipinski definition) is 1. The van der Waals surface area contributed by atoms with Crippen LogP contribution in [0.1, 0.15) is 6.92 Å². The standard InChI is InChI=1S/C8H9NO/c1-6-9-7-4-2-3-5-8(7)10-6/h2-6,9H,1H3/p+1. The lowest BCUT2D eigenvalue weighted by molar-refractivity contribution is -0.624. The predicted molar refractivity (Wildman–Crippen MR) is 38.1 cm³/mol. The molecule has 1 atom stereocenters. The number of quaternary nitrogens is 1. The minimum atomic E-state index is 0.248. The Morgan fingerprint density at radius 1 is 1.40 bits per heavy atom. The molecule has 1 aliphatic heterocycles. The molecule has 0 radical (unpaired) electrons. The third-order valence-corrected chi connectivity index (χ3v) is 1.65. The number of para-hydroxylation sites is 2. The molecule has 0 saturated heterocycles. The minimum absolute atomic E-state index is 0.248. The van der Waals surface area contributed by atoms with Crippen LogP contribution in [-0.4, -0.2) is 6.23 Å². The summed E-state index contributed by atoms with van der Waals surface area (Å²) >= 11 is 0. The van der Waals surface area contributed by atoms with Gasteiger partial charge in [-0.3, -0.25) is 5.32 Å². The first-order valence-corrected chi connectivity index (χ1v) is 3.47. The molecule has 1 heterocycles. The van der Waals surface area contributed by atoms with Gasteiger partial charge in [0.1, 0.15) is 0 Å². The van der Waals surface area contributed by atoms with E-state index in [1.165, 1.54) is 5.69 Å². The Kier molecular flexibility index (Phi) is 1.14. The van der Waals surface area contributed by atoms with E-state index in [-0.39, 0.29) is 6.23 Å². The topological polar surface area (TPSA) is 25.8 Å². The smallest absolute Gasteiger partial charge is 0.232 e. The first kappa shape index (κ1) is 5.74. The van der Waals surface area contributed by atoms with Crippen LogP contribution in [0, 0.1) is 0 Å². The summed E-state index contributed by atoms with van der Waals surface area (Å²) in [5.74, 6) is 1.01. The zero-order valence-electron chi connectivity index (χ0n) is 5.87. The minimum Gasteiger partial charge on any atom is -0.437 e. The maximum absolute atomic E-state index is 5.45. The highest BCUT2D eigenvalue weighted by Crippen LogP contribution is 2.23. The van der Waals surface area contributed by atoms with Gasteiger partial charge in [-0.2, -0.15) is 0 Å². The van der Waals surface area contributed by atoms with Crippen molar-refractivity contribution >= 4 is 5.69 Å². The molecule has 0 spiro atoms. The Hall–Kier alpha value is -1.02. The molecular formula is C8H10NO+. The Morgan fingerprint density at radius 2 is 2.20 bits per heavy atom. The summed E-state index contributed by atoms with van der Waals surface area (Å²) in [6, 6.07) is 8.08. The van der Waals surface area contributed by atoms with E-state index in [1.54, 1.807) is 0 Å². The van der Waals surface area contributed by atoms with Gasteiger partial charge in [0.05, 0.1) is 0 Å². The first-order chi connectivity index (χ1) is 4.86. The van der Waals surface area contributed by atoms with Crippen molar-refractivity contribution in [1.82, 2.24) is 0 Å². The van der Waals surface area contributed by atoms with E-state index in [0.29, 0.717) is 0 Å². The average molecular weight is 136 g/mol. The number of rotatable bonds is 0. The highest BCUT2D eigenvalue weighted by atomic mass is 16.5. The van der Waals surface area contributed by atoms with Crippen molar-refractivity contribution in [2.24, 2.45) is 0 Å². The second-order valence-corrected chi connectivity index (χ2v) is 2.53. The number of nitrogens with two attached hydrogens (primary N) is 1. The molecule has 10 heavy (non-hydrogen) atoms. The molecule has 2 heteroatoms. The van der Waals surface area contributed by atoms with Crippen LogP contribution in [0.4, 0.5) is 5.69 Å². The number of hydrogen-bond acceptors (Lipinski definition) is 1. The van der Waals surface area contributed by atoms with Crippen molar-refractivity contribution < 1.29 is 10.1 Å². The third kappa shape index (κ3) is 0.772. The van der Waals surface area contributed by atoms with Crippen molar-refractivity contribution in [3.8, 4) is 5.75 Å². The average Bonchev–Trinajstić information content (AvgIpc) is 2.27. The summed E-state index contributed by atoms with van der Waals surface area (Å²) < 4.78 is 5.45. The number of fused-ring (bicyclic) bond motifs is 1. The van der Waals surface area contributed by atoms with Crippen LogP contribution < -0.4 is 10.1 Å². The normalized spacial score (nSPS) is 21.9. The molecule has 1 aromatic rings. The second-order valence-electron chi connectivity index (χ2n) is 2.53. The van der Waals surface area contributed by atoms with Gasteiger partial charge in [-0.25, -0.2) is 0 Å². The van der Waals surface area contributed by atoms with E-state index < -0.39 is 0 Å². The fraction of sp³-hybridized carbons (Fsp3) is 0.250. The maximum Gasteiger partial charge on any atom is 0.232 e. The predicted octanol–water partition coefficient (Wildman–Crippen LogP) is 0.620. The molecular weight excluding hydrogens is 126 g/mol. The summed E-state index contributed by atoms with van der Waals surface area (Å²) in [7, 11) is 0. The highest BCUT2D eigenvalue weighted by Gasteiger charge is 2.20. The van der Waals surface area contributed by atoms with E-state index in [1.807, 2.05) is 25.1 Å². The summed E-state index contributed by atoms with van der Waals surface area (Å²) in [4.78, 5) is 0. The Balaban J connectivity index is 2.42. The van der Waals surface area contributed by atoms with E-state index in [2.05, 4.69) is 11.4 Å². The number of ether oxygens (including phenoxy) is 1. The van der Waals surface area contributed by atoms with Gasteiger partial charge in [0.2, 0.25) is 6.23 Å². The number of benzene rings is 1. The molecule has 2 nitrogen and oxygen atoms in total. The Labute approximate surface area is 59.8 Å². The molecule has 0 amide bonds. The van der Waals surface area contributed by atoms with Crippen LogP contribution in [0.5, 0.6) is 5.75 Å². The van der Waals surface area contributed by atoms with E-state index >= 15 is 0 Å². The SMILES string of the molecule is CC1[NH2+]c2ccccc2O1. The summed E-state index contributed by atoms with van der Waals surface area (Å²) in [5.41, 5.74) is 1.22. The van der Waals surface area contributed by atoms with Crippen molar-refractivity contribution in [2.45, 2.75) is 13.2 Å². The quantitative estimate of drug-likeness (QED) is 0.520. The molecule has 2 N–H and O–H groups in total. The zero-order chi connectivity index (χ0) is 6.97. The van der Waals surface area contributed by atoms with Crippen LogP contribution in [0.15, 0.2) is 24.3 Å². The van der Waals surface area contributed by atoms with E-state index in [0.717, 1.165) is 5.75 Å². The van der Waals surface area contributed by atoms with Crippen molar-refractivity contribution in [3.63, 3.8) is 0 Å². The molecule has 0 aliphatic carbocycles. The summed E-state index contributed by atoms with van der Waals surface area (Å²) in [6.45, 7) is 2.04. The van der Waals surface area contributed by atoms with Crippen molar-refractivity contribution in [2.75, 3.05) is 0 Å². The van der Waals surface area contributed by atoms with Gasteiger partial charge in [0, 0.05) is 13.0 Å². The van der Waals surface area contributed by atoms with Crippen LogP contribution >= 0.6 is 0 Å². The lowest BCUT2D eigenvalue weighted by atomic mass is 10.3. The van der Waals surface area contributed by atoms with E-state index in [9.17, 15) is 0 Å². The third-order valence-electron chi connectivity index (χ3n) is 1.65. The molecule has 0 saturated carbocycles. The zero-order valence-corrected chi connectivity index (χ0v) is 5.87. The van der Waals surface area contributed by atoms with E-state index in [4.69, 9.17) is 4.74 Å². The van der Waals surface area contributed by atoms with Gasteiger partial charge < -0.3 is 4.74 Å². The van der Waals surface area contributed by atoms with Crippen LogP contribution in [0.25, 0.3) is 0 Å². The molecule has 52 valence electrons. The largest absolute Gasteiger partial charge is 0.437 e. The molecule has 0 aromatic heterocycles. The maximum atomic E-state index is 5.45. The fourth-order valence-corrected chi connectivity index (χ4v) is 1.21. The molecule has 1 aliphatic rings. The molecule has 0 fully saturated rings. The summed E-state index contributed by atoms with van der Waals surface area (Å²) in [6.07, 6.45) is 0.248. The van der Waals surface area contributed by atoms with Crippen LogP contribution in [0.2, 0.25) is 0 Å². The lowest BCUT2D eigenvalue weighted by Crippen LogP contribution is -2.82. The van der Waals surface area contributed by atoms with Gasteiger partial charge in [-0.1, -0.05) is 12.1 Å².